The first kappa shape index (κ1) is 10.8. The van der Waals surface area contributed by atoms with Gasteiger partial charge in [-0.1, -0.05) is 0 Å². The third-order valence-electron chi connectivity index (χ3n) is 1.15. The Hall–Kier alpha value is -1.27. The molecule has 0 saturated carbocycles. The zero-order chi connectivity index (χ0) is 10.4. The highest BCUT2D eigenvalue weighted by molar-refractivity contribution is 7.42. The smallest absolute Gasteiger partial charge is 0.247 e. The summed E-state index contributed by atoms with van der Waals surface area (Å²) >= 11 is 0. The van der Waals surface area contributed by atoms with Crippen LogP contribution in [0.2, 0.25) is 0 Å². The van der Waals surface area contributed by atoms with Crippen LogP contribution < -0.4 is 5.50 Å². The van der Waals surface area contributed by atoms with Crippen LogP contribution in [0.15, 0.2) is 24.9 Å². The number of fused-ring (bicyclic) bond motifs is 1. The van der Waals surface area contributed by atoms with Gasteiger partial charge in [-0.15, -0.1) is 0 Å². The zero-order valence-corrected chi connectivity index (χ0v) is 7.91. The molecule has 0 bridgehead atoms. The van der Waals surface area contributed by atoms with Crippen LogP contribution in [0.3, 0.4) is 0 Å². The summed E-state index contributed by atoms with van der Waals surface area (Å²) in [6, 6.07) is 0. The van der Waals surface area contributed by atoms with Gasteiger partial charge in [-0.2, -0.15) is 0 Å². The molecule has 2 aromatic rings. The van der Waals surface area contributed by atoms with Crippen molar-refractivity contribution in [3.8, 4) is 0 Å². The molecule has 0 amide bonds. The average Bonchev–Trinajstić information content (AvgIpc) is 2.17. The molecule has 2 heterocycles. The number of hydrogen-bond donors (Lipinski definition) is 3. The second kappa shape index (κ2) is 5.46. The van der Waals surface area contributed by atoms with Crippen LogP contribution in [0.4, 0.5) is 0 Å². The summed E-state index contributed by atoms with van der Waals surface area (Å²) in [5.41, 5.74) is 5.65. The third-order valence-corrected chi connectivity index (χ3v) is 1.15. The minimum Gasteiger partial charge on any atom is -0.338 e. The zero-order valence-electron chi connectivity index (χ0n) is 7.02. The van der Waals surface area contributed by atoms with E-state index in [9.17, 15) is 0 Å². The van der Waals surface area contributed by atoms with Crippen molar-refractivity contribution in [1.82, 2.24) is 19.9 Å². The van der Waals surface area contributed by atoms with Crippen molar-refractivity contribution in [2.24, 2.45) is 5.50 Å². The number of hydrogen-bond acceptors (Lipinski definition) is 7. The number of nitrogens with zero attached hydrogens (tertiary/aromatic N) is 4. The van der Waals surface area contributed by atoms with Gasteiger partial charge in [0.05, 0.1) is 6.20 Å². The van der Waals surface area contributed by atoms with Gasteiger partial charge in [0.1, 0.15) is 11.8 Å². The number of nitrogens with two attached hydrogens (primary N) is 1. The van der Waals surface area contributed by atoms with E-state index in [1.165, 1.54) is 6.33 Å². The molecule has 0 saturated heterocycles. The molecule has 0 fully saturated rings. The van der Waals surface area contributed by atoms with E-state index in [4.69, 9.17) is 9.79 Å². The molecule has 4 N–H and O–H groups in total. The standard InChI is InChI=1S/C6H4N4.H4NO2P/c1-2-9-6-5(8-1)3-7-4-10-6;1-4(2)3/h1-4H;2-3H,1H2. The molecule has 8 heteroatoms. The van der Waals surface area contributed by atoms with Gasteiger partial charge in [-0.25, -0.2) is 19.9 Å². The normalized spacial score (nSPS) is 9.71. The topological polar surface area (TPSA) is 118 Å². The molecule has 0 aliphatic carbocycles. The molecule has 0 spiro atoms. The fourth-order valence-corrected chi connectivity index (χ4v) is 0.724. The van der Waals surface area contributed by atoms with Crippen LogP contribution >= 0.6 is 8.53 Å². The maximum absolute atomic E-state index is 7.45. The van der Waals surface area contributed by atoms with Crippen LogP contribution in [0.25, 0.3) is 11.2 Å². The first-order chi connectivity index (χ1) is 6.70. The molecule has 0 atom stereocenters. The molecule has 7 nitrogen and oxygen atoms in total. The van der Waals surface area contributed by atoms with Crippen LogP contribution in [0.5, 0.6) is 0 Å². The van der Waals surface area contributed by atoms with E-state index in [-0.39, 0.29) is 0 Å². The summed E-state index contributed by atoms with van der Waals surface area (Å²) in [4.78, 5) is 30.6. The van der Waals surface area contributed by atoms with Gasteiger partial charge in [-0.05, 0) is 0 Å². The second-order valence-corrected chi connectivity index (χ2v) is 2.75. The Balaban J connectivity index is 0.000000213. The summed E-state index contributed by atoms with van der Waals surface area (Å²) in [6.07, 6.45) is 6.31. The van der Waals surface area contributed by atoms with E-state index in [1.807, 2.05) is 0 Å². The van der Waals surface area contributed by atoms with Gasteiger partial charge in [0.15, 0.2) is 5.65 Å². The van der Waals surface area contributed by atoms with Gasteiger partial charge in [0.25, 0.3) is 0 Å². The van der Waals surface area contributed by atoms with E-state index in [1.54, 1.807) is 18.6 Å². The Morgan fingerprint density at radius 1 is 1.14 bits per heavy atom. The summed E-state index contributed by atoms with van der Waals surface area (Å²) < 4.78 is 0. The van der Waals surface area contributed by atoms with Crippen LogP contribution in [-0.4, -0.2) is 29.7 Å². The Bertz CT molecular complexity index is 330. The minimum absolute atomic E-state index is 0.637. The fraction of sp³-hybridized carbons (Fsp3) is 0. The van der Waals surface area contributed by atoms with E-state index >= 15 is 0 Å². The number of aromatic nitrogens is 4. The van der Waals surface area contributed by atoms with Crippen molar-refractivity contribution in [1.29, 1.82) is 0 Å². The lowest BCUT2D eigenvalue weighted by Crippen LogP contribution is -1.85. The van der Waals surface area contributed by atoms with Gasteiger partial charge in [0, 0.05) is 12.4 Å². The molecular formula is C6H8N5O2P. The van der Waals surface area contributed by atoms with Crippen molar-refractivity contribution in [3.05, 3.63) is 24.9 Å². The van der Waals surface area contributed by atoms with Crippen molar-refractivity contribution < 1.29 is 9.79 Å². The minimum atomic E-state index is -2.12. The molecule has 14 heavy (non-hydrogen) atoms. The lowest BCUT2D eigenvalue weighted by atomic mass is 10.5. The molecule has 2 rings (SSSR count). The Morgan fingerprint density at radius 2 is 1.79 bits per heavy atom. The third kappa shape index (κ3) is 3.63. The molecule has 0 aromatic carbocycles. The first-order valence-electron chi connectivity index (χ1n) is 3.49. The Morgan fingerprint density at radius 3 is 2.43 bits per heavy atom. The van der Waals surface area contributed by atoms with Crippen LogP contribution in [0, 0.1) is 0 Å². The quantitative estimate of drug-likeness (QED) is 0.508. The molecule has 0 radical (unpaired) electrons. The SMILES string of the molecule is NP(O)O.c1cnc2ncncc2n1. The highest BCUT2D eigenvalue weighted by Crippen LogP contribution is 2.05. The van der Waals surface area contributed by atoms with Crippen molar-refractivity contribution in [2.45, 2.75) is 0 Å². The van der Waals surface area contributed by atoms with Gasteiger partial charge in [-0.3, -0.25) is 5.50 Å². The van der Waals surface area contributed by atoms with Crippen LogP contribution in [-0.2, 0) is 0 Å². The molecule has 2 aromatic heterocycles. The van der Waals surface area contributed by atoms with Gasteiger partial charge < -0.3 is 9.79 Å². The van der Waals surface area contributed by atoms with E-state index in [0.717, 1.165) is 5.52 Å². The predicted octanol–water partition coefficient (Wildman–Crippen LogP) is -0.424. The van der Waals surface area contributed by atoms with Gasteiger partial charge >= 0.3 is 0 Å². The van der Waals surface area contributed by atoms with Gasteiger partial charge in [0.2, 0.25) is 8.53 Å². The molecule has 74 valence electrons. The first-order valence-corrected chi connectivity index (χ1v) is 4.81. The van der Waals surface area contributed by atoms with E-state index in [0.29, 0.717) is 5.65 Å². The summed E-state index contributed by atoms with van der Waals surface area (Å²) in [5.74, 6) is 0. The highest BCUT2D eigenvalue weighted by Gasteiger charge is 1.90. The number of rotatable bonds is 0. The highest BCUT2D eigenvalue weighted by atomic mass is 31.2. The Labute approximate surface area is 80.7 Å². The van der Waals surface area contributed by atoms with E-state index in [2.05, 4.69) is 25.4 Å². The molecule has 0 aliphatic heterocycles. The van der Waals surface area contributed by atoms with Crippen molar-refractivity contribution in [3.63, 3.8) is 0 Å². The predicted molar refractivity (Wildman–Crippen MR) is 50.7 cm³/mol. The van der Waals surface area contributed by atoms with E-state index < -0.39 is 8.53 Å². The largest absolute Gasteiger partial charge is 0.338 e. The summed E-state index contributed by atoms with van der Waals surface area (Å²) in [5, 5.41) is 0. The maximum Gasteiger partial charge on any atom is 0.247 e. The Kier molecular flexibility index (Phi) is 4.21. The summed E-state index contributed by atoms with van der Waals surface area (Å²) in [6.45, 7) is 0. The molecule has 0 unspecified atom stereocenters. The lowest BCUT2D eigenvalue weighted by Gasteiger charge is -1.89. The van der Waals surface area contributed by atoms with Crippen LogP contribution in [0.1, 0.15) is 0 Å². The molecule has 0 aliphatic rings. The van der Waals surface area contributed by atoms with Crippen molar-refractivity contribution in [2.75, 3.05) is 0 Å². The lowest BCUT2D eigenvalue weighted by molar-refractivity contribution is 0.485. The fourth-order valence-electron chi connectivity index (χ4n) is 0.724. The second-order valence-electron chi connectivity index (χ2n) is 2.11. The summed E-state index contributed by atoms with van der Waals surface area (Å²) in [7, 11) is -2.12. The monoisotopic (exact) mass is 213 g/mol. The average molecular weight is 213 g/mol. The maximum atomic E-state index is 7.45. The van der Waals surface area contributed by atoms with Crippen molar-refractivity contribution >= 4 is 19.7 Å². The molecular weight excluding hydrogens is 205 g/mol.